The molecule has 0 bridgehead atoms. The van der Waals surface area contributed by atoms with Crippen LogP contribution in [0.1, 0.15) is 12.0 Å². The number of benzene rings is 1. The summed E-state index contributed by atoms with van der Waals surface area (Å²) in [5.41, 5.74) is 0.785. The summed E-state index contributed by atoms with van der Waals surface area (Å²) in [6.45, 7) is 0. The Kier molecular flexibility index (Phi) is 4.66. The molecule has 0 radical (unpaired) electrons. The van der Waals surface area contributed by atoms with Crippen molar-refractivity contribution in [1.29, 1.82) is 0 Å². The standard InChI is InChI=1S/C11H10Cl2O2/c1-15-10(14)7-3-5-8-4-2-6-9(12)11(8)13/h2-6H,7H2,1H3. The molecule has 1 aromatic carbocycles. The van der Waals surface area contributed by atoms with Crippen LogP contribution in [0.15, 0.2) is 24.3 Å². The summed E-state index contributed by atoms with van der Waals surface area (Å²) in [6.07, 6.45) is 3.65. The Labute approximate surface area is 98.4 Å². The van der Waals surface area contributed by atoms with Crippen molar-refractivity contribution in [1.82, 2.24) is 0 Å². The summed E-state index contributed by atoms with van der Waals surface area (Å²) in [5.74, 6) is -0.288. The number of carbonyl (C=O) groups excluding carboxylic acids is 1. The summed E-state index contributed by atoms with van der Waals surface area (Å²) in [4.78, 5) is 10.8. The SMILES string of the molecule is COC(=O)CC=Cc1cccc(Cl)c1Cl. The van der Waals surface area contributed by atoms with Gasteiger partial charge in [-0.25, -0.2) is 0 Å². The minimum absolute atomic E-state index is 0.222. The van der Waals surface area contributed by atoms with Gasteiger partial charge < -0.3 is 4.74 Å². The Balaban J connectivity index is 2.72. The van der Waals surface area contributed by atoms with E-state index in [9.17, 15) is 4.79 Å². The summed E-state index contributed by atoms with van der Waals surface area (Å²) in [7, 11) is 1.35. The lowest BCUT2D eigenvalue weighted by Crippen LogP contribution is -1.96. The molecule has 0 heterocycles. The quantitative estimate of drug-likeness (QED) is 0.761. The molecule has 1 rings (SSSR count). The van der Waals surface area contributed by atoms with Gasteiger partial charge in [0.1, 0.15) is 0 Å². The van der Waals surface area contributed by atoms with E-state index < -0.39 is 0 Å². The molecule has 0 atom stereocenters. The predicted octanol–water partition coefficient (Wildman–Crippen LogP) is 3.57. The van der Waals surface area contributed by atoms with Crippen molar-refractivity contribution in [3.8, 4) is 0 Å². The lowest BCUT2D eigenvalue weighted by molar-refractivity contribution is -0.139. The van der Waals surface area contributed by atoms with Gasteiger partial charge in [0.25, 0.3) is 0 Å². The van der Waals surface area contributed by atoms with E-state index in [1.165, 1.54) is 7.11 Å². The number of hydrogen-bond donors (Lipinski definition) is 0. The second kappa shape index (κ2) is 5.79. The average Bonchev–Trinajstić information content (AvgIpc) is 2.24. The molecule has 0 spiro atoms. The largest absolute Gasteiger partial charge is 0.469 e. The van der Waals surface area contributed by atoms with Crippen LogP contribution >= 0.6 is 23.2 Å². The number of carbonyl (C=O) groups is 1. The molecular formula is C11H10Cl2O2. The van der Waals surface area contributed by atoms with E-state index in [1.54, 1.807) is 24.3 Å². The summed E-state index contributed by atoms with van der Waals surface area (Å²) < 4.78 is 4.49. The highest BCUT2D eigenvalue weighted by Crippen LogP contribution is 2.26. The Hall–Kier alpha value is -0.990. The third kappa shape index (κ3) is 3.57. The van der Waals surface area contributed by atoms with Crippen molar-refractivity contribution < 1.29 is 9.53 Å². The maximum atomic E-state index is 10.8. The van der Waals surface area contributed by atoms with E-state index >= 15 is 0 Å². The molecule has 4 heteroatoms. The van der Waals surface area contributed by atoms with E-state index in [0.717, 1.165) is 5.56 Å². The maximum Gasteiger partial charge on any atom is 0.309 e. The van der Waals surface area contributed by atoms with Gasteiger partial charge in [0.2, 0.25) is 0 Å². The van der Waals surface area contributed by atoms with Gasteiger partial charge in [-0.3, -0.25) is 4.79 Å². The second-order valence-electron chi connectivity index (χ2n) is 2.83. The fraction of sp³-hybridized carbons (Fsp3) is 0.182. The molecule has 0 aromatic heterocycles. The van der Waals surface area contributed by atoms with E-state index in [4.69, 9.17) is 23.2 Å². The van der Waals surface area contributed by atoms with Crippen molar-refractivity contribution in [2.75, 3.05) is 7.11 Å². The van der Waals surface area contributed by atoms with Crippen LogP contribution in [0.4, 0.5) is 0 Å². The zero-order valence-corrected chi connectivity index (χ0v) is 9.68. The van der Waals surface area contributed by atoms with E-state index in [1.807, 2.05) is 6.07 Å². The molecular weight excluding hydrogens is 235 g/mol. The molecule has 0 aliphatic rings. The third-order valence-corrected chi connectivity index (χ3v) is 2.62. The Morgan fingerprint density at radius 1 is 1.47 bits per heavy atom. The van der Waals surface area contributed by atoms with Gasteiger partial charge in [-0.15, -0.1) is 0 Å². The lowest BCUT2D eigenvalue weighted by Gasteiger charge is -1.99. The van der Waals surface area contributed by atoms with Crippen molar-refractivity contribution in [3.63, 3.8) is 0 Å². The summed E-state index contributed by atoms with van der Waals surface area (Å²) in [5, 5.41) is 0.983. The van der Waals surface area contributed by atoms with Gasteiger partial charge in [0.15, 0.2) is 0 Å². The first-order valence-electron chi connectivity index (χ1n) is 4.32. The zero-order chi connectivity index (χ0) is 11.3. The number of methoxy groups -OCH3 is 1. The third-order valence-electron chi connectivity index (χ3n) is 1.79. The van der Waals surface area contributed by atoms with Gasteiger partial charge in [-0.2, -0.15) is 0 Å². The molecule has 0 N–H and O–H groups in total. The average molecular weight is 245 g/mol. The minimum atomic E-state index is -0.288. The van der Waals surface area contributed by atoms with Crippen LogP contribution in [-0.2, 0) is 9.53 Å². The zero-order valence-electron chi connectivity index (χ0n) is 8.17. The van der Waals surface area contributed by atoms with Crippen LogP contribution in [0.3, 0.4) is 0 Å². The van der Waals surface area contributed by atoms with Gasteiger partial charge in [-0.1, -0.05) is 47.5 Å². The molecule has 2 nitrogen and oxygen atoms in total. The molecule has 0 saturated heterocycles. The molecule has 0 aliphatic heterocycles. The molecule has 80 valence electrons. The Morgan fingerprint density at radius 3 is 2.87 bits per heavy atom. The molecule has 0 fully saturated rings. The molecule has 1 aromatic rings. The van der Waals surface area contributed by atoms with E-state index in [0.29, 0.717) is 10.0 Å². The number of hydrogen-bond acceptors (Lipinski definition) is 2. The van der Waals surface area contributed by atoms with Crippen LogP contribution in [0.5, 0.6) is 0 Å². The Morgan fingerprint density at radius 2 is 2.20 bits per heavy atom. The van der Waals surface area contributed by atoms with Crippen LogP contribution in [0.25, 0.3) is 6.08 Å². The number of halogens is 2. The first kappa shape index (κ1) is 12.1. The fourth-order valence-electron chi connectivity index (χ4n) is 1.01. The first-order chi connectivity index (χ1) is 7.15. The van der Waals surface area contributed by atoms with Crippen molar-refractivity contribution >= 4 is 35.2 Å². The highest BCUT2D eigenvalue weighted by atomic mass is 35.5. The van der Waals surface area contributed by atoms with Crippen LogP contribution < -0.4 is 0 Å². The number of ether oxygens (including phenoxy) is 1. The predicted molar refractivity (Wildman–Crippen MR) is 62.1 cm³/mol. The normalized spacial score (nSPS) is 10.6. The number of esters is 1. The van der Waals surface area contributed by atoms with Gasteiger partial charge in [0, 0.05) is 0 Å². The maximum absolute atomic E-state index is 10.8. The second-order valence-corrected chi connectivity index (χ2v) is 3.61. The topological polar surface area (TPSA) is 26.3 Å². The van der Waals surface area contributed by atoms with Gasteiger partial charge in [-0.05, 0) is 11.6 Å². The van der Waals surface area contributed by atoms with Crippen LogP contribution in [0, 0.1) is 0 Å². The molecule has 0 saturated carbocycles. The van der Waals surface area contributed by atoms with Crippen molar-refractivity contribution in [2.45, 2.75) is 6.42 Å². The Bertz CT molecular complexity index is 386. The van der Waals surface area contributed by atoms with Crippen molar-refractivity contribution in [3.05, 3.63) is 39.9 Å². The smallest absolute Gasteiger partial charge is 0.309 e. The highest BCUT2D eigenvalue weighted by molar-refractivity contribution is 6.42. The fourth-order valence-corrected chi connectivity index (χ4v) is 1.39. The molecule has 0 unspecified atom stereocenters. The van der Waals surface area contributed by atoms with Gasteiger partial charge >= 0.3 is 5.97 Å². The highest BCUT2D eigenvalue weighted by Gasteiger charge is 2.01. The molecule has 0 aliphatic carbocycles. The summed E-state index contributed by atoms with van der Waals surface area (Å²) >= 11 is 11.8. The van der Waals surface area contributed by atoms with E-state index in [-0.39, 0.29) is 12.4 Å². The molecule has 15 heavy (non-hydrogen) atoms. The lowest BCUT2D eigenvalue weighted by atomic mass is 10.2. The van der Waals surface area contributed by atoms with Crippen molar-refractivity contribution in [2.24, 2.45) is 0 Å². The minimum Gasteiger partial charge on any atom is -0.469 e. The monoisotopic (exact) mass is 244 g/mol. The van der Waals surface area contributed by atoms with E-state index in [2.05, 4.69) is 4.74 Å². The summed E-state index contributed by atoms with van der Waals surface area (Å²) in [6, 6.07) is 5.33. The van der Waals surface area contributed by atoms with Gasteiger partial charge in [0.05, 0.1) is 23.6 Å². The first-order valence-corrected chi connectivity index (χ1v) is 5.08. The number of rotatable bonds is 3. The van der Waals surface area contributed by atoms with Crippen LogP contribution in [-0.4, -0.2) is 13.1 Å². The molecule has 0 amide bonds. The van der Waals surface area contributed by atoms with Crippen LogP contribution in [0.2, 0.25) is 10.0 Å².